The lowest BCUT2D eigenvalue weighted by atomic mass is 10.1. The van der Waals surface area contributed by atoms with Crippen LogP contribution in [0.2, 0.25) is 0 Å². The van der Waals surface area contributed by atoms with Crippen LogP contribution in [0.25, 0.3) is 22.3 Å². The Hall–Kier alpha value is -6.04. The average Bonchev–Trinajstić information content (AvgIpc) is 3.10. The molecule has 1 aromatic heterocycles. The summed E-state index contributed by atoms with van der Waals surface area (Å²) < 4.78 is 39.5. The first-order chi connectivity index (χ1) is 22.4. The summed E-state index contributed by atoms with van der Waals surface area (Å²) in [4.78, 5) is 31.8. The van der Waals surface area contributed by atoms with Crippen LogP contribution in [0.15, 0.2) is 82.7 Å². The van der Waals surface area contributed by atoms with Crippen molar-refractivity contribution in [1.82, 2.24) is 9.66 Å². The van der Waals surface area contributed by atoms with Gasteiger partial charge in [-0.3, -0.25) is 4.79 Å². The molecule has 12 nitrogen and oxygen atoms in total. The number of hydrogen-bond acceptors (Lipinski definition) is 11. The third-order valence-corrected chi connectivity index (χ3v) is 7.01. The van der Waals surface area contributed by atoms with E-state index in [-0.39, 0.29) is 17.1 Å². The van der Waals surface area contributed by atoms with Crippen LogP contribution < -0.4 is 38.7 Å². The molecule has 0 bridgehead atoms. The summed E-state index contributed by atoms with van der Waals surface area (Å²) in [6, 6.07) is 20.0. The molecule has 0 amide bonds. The molecule has 46 heavy (non-hydrogen) atoms. The lowest BCUT2D eigenvalue weighted by Crippen LogP contribution is -2.20. The molecule has 5 aromatic rings. The van der Waals surface area contributed by atoms with Crippen molar-refractivity contribution in [2.45, 2.75) is 0 Å². The number of carbonyl (C=O) groups excluding carboxylic acids is 1. The summed E-state index contributed by atoms with van der Waals surface area (Å²) in [7, 11) is 8.87. The van der Waals surface area contributed by atoms with Crippen molar-refractivity contribution in [2.75, 3.05) is 42.7 Å². The minimum absolute atomic E-state index is 0.167. The van der Waals surface area contributed by atoms with Gasteiger partial charge in [-0.15, -0.1) is 0 Å². The Balaban J connectivity index is 1.59. The Morgan fingerprint density at radius 2 is 1.24 bits per heavy atom. The third kappa shape index (κ3) is 6.00. The molecule has 0 aliphatic carbocycles. The van der Waals surface area contributed by atoms with Crippen LogP contribution in [0, 0.1) is 0 Å². The molecule has 12 heteroatoms. The van der Waals surface area contributed by atoms with Gasteiger partial charge in [-0.05, 0) is 48.5 Å². The van der Waals surface area contributed by atoms with E-state index < -0.39 is 11.5 Å². The monoisotopic (exact) mass is 625 g/mol. The number of carbonyl (C=O) groups is 1. The summed E-state index contributed by atoms with van der Waals surface area (Å²) in [6.07, 6.45) is 1.41. The molecule has 0 radical (unpaired) electrons. The molecule has 0 atom stereocenters. The Morgan fingerprint density at radius 1 is 0.696 bits per heavy atom. The van der Waals surface area contributed by atoms with Gasteiger partial charge in [-0.25, -0.2) is 9.78 Å². The smallest absolute Gasteiger partial charge is 0.343 e. The van der Waals surface area contributed by atoms with Crippen molar-refractivity contribution in [3.8, 4) is 51.6 Å². The molecule has 0 fully saturated rings. The second-order valence-corrected chi connectivity index (χ2v) is 9.57. The molecule has 0 spiro atoms. The van der Waals surface area contributed by atoms with Gasteiger partial charge in [0, 0.05) is 11.1 Å². The molecule has 5 rings (SSSR count). The predicted octanol–water partition coefficient (Wildman–Crippen LogP) is 5.22. The zero-order valence-electron chi connectivity index (χ0n) is 26.0. The van der Waals surface area contributed by atoms with Crippen molar-refractivity contribution in [1.29, 1.82) is 0 Å². The predicted molar refractivity (Wildman–Crippen MR) is 172 cm³/mol. The molecule has 1 heterocycles. The number of ether oxygens (including phenoxy) is 7. The fourth-order valence-electron chi connectivity index (χ4n) is 4.79. The first-order valence-corrected chi connectivity index (χ1v) is 13.8. The third-order valence-electron chi connectivity index (χ3n) is 7.01. The van der Waals surface area contributed by atoms with E-state index in [0.29, 0.717) is 56.5 Å². The van der Waals surface area contributed by atoms with Crippen LogP contribution in [0.1, 0.15) is 15.9 Å². The maximum atomic E-state index is 13.8. The summed E-state index contributed by atoms with van der Waals surface area (Å²) in [6.45, 7) is 0. The minimum atomic E-state index is -0.678. The van der Waals surface area contributed by atoms with E-state index in [1.807, 2.05) is 0 Å². The average molecular weight is 626 g/mol. The molecule has 0 aliphatic heterocycles. The highest BCUT2D eigenvalue weighted by Crippen LogP contribution is 2.41. The van der Waals surface area contributed by atoms with Gasteiger partial charge in [0.05, 0.1) is 65.3 Å². The number of benzene rings is 4. The number of nitrogens with zero attached hydrogens (tertiary/aromatic N) is 3. The maximum absolute atomic E-state index is 13.8. The van der Waals surface area contributed by atoms with Gasteiger partial charge in [0.2, 0.25) is 11.5 Å². The molecule has 0 unspecified atom stereocenters. The second-order valence-electron chi connectivity index (χ2n) is 9.57. The molecule has 0 aliphatic rings. The van der Waals surface area contributed by atoms with E-state index in [2.05, 4.69) is 5.10 Å². The van der Waals surface area contributed by atoms with Gasteiger partial charge >= 0.3 is 5.97 Å². The van der Waals surface area contributed by atoms with Crippen molar-refractivity contribution >= 4 is 23.1 Å². The summed E-state index contributed by atoms with van der Waals surface area (Å²) in [5.74, 6) is 1.80. The first-order valence-electron chi connectivity index (χ1n) is 13.8. The Labute approximate surface area is 264 Å². The van der Waals surface area contributed by atoms with E-state index >= 15 is 0 Å². The maximum Gasteiger partial charge on any atom is 0.343 e. The van der Waals surface area contributed by atoms with Gasteiger partial charge < -0.3 is 33.2 Å². The van der Waals surface area contributed by atoms with Gasteiger partial charge in [0.15, 0.2) is 28.8 Å². The van der Waals surface area contributed by atoms with Crippen LogP contribution in [0.3, 0.4) is 0 Å². The number of rotatable bonds is 11. The van der Waals surface area contributed by atoms with E-state index in [1.165, 1.54) is 65.7 Å². The molecule has 0 N–H and O–H groups in total. The van der Waals surface area contributed by atoms with Crippen LogP contribution in [0.4, 0.5) is 0 Å². The van der Waals surface area contributed by atoms with Crippen LogP contribution in [-0.2, 0) is 0 Å². The van der Waals surface area contributed by atoms with Gasteiger partial charge in [-0.2, -0.15) is 9.78 Å². The van der Waals surface area contributed by atoms with E-state index in [1.54, 1.807) is 60.7 Å². The standard InChI is InChI=1S/C34H31N3O9/c1-40-26-15-21(16-27(41-2)30(26)44-5)32-36-24-13-9-8-12-23(24)33(38)37(32)35-19-20-11-7-10-14-25(20)46-34(39)22-17-28(42-3)31(45-6)29(18-22)43-4/h7-19H,1-6H3. The first kappa shape index (κ1) is 31.4. The highest BCUT2D eigenvalue weighted by atomic mass is 16.5. The highest BCUT2D eigenvalue weighted by molar-refractivity contribution is 5.94. The quantitative estimate of drug-likeness (QED) is 0.110. The SMILES string of the molecule is COc1cc(C(=O)Oc2ccccc2C=Nn2c(-c3cc(OC)c(OC)c(OC)c3)nc3ccccc3c2=O)cc(OC)c1OC. The van der Waals surface area contributed by atoms with Gasteiger partial charge in [0.1, 0.15) is 5.75 Å². The minimum Gasteiger partial charge on any atom is -0.493 e. The molecule has 236 valence electrons. The Kier molecular flexibility index (Phi) is 9.36. The number of methoxy groups -OCH3 is 6. The van der Waals surface area contributed by atoms with Crippen molar-refractivity contribution in [3.63, 3.8) is 0 Å². The lowest BCUT2D eigenvalue weighted by molar-refractivity contribution is 0.0733. The fourth-order valence-corrected chi connectivity index (χ4v) is 4.79. The molecule has 0 saturated carbocycles. The molecule has 0 saturated heterocycles. The molecular formula is C34H31N3O9. The highest BCUT2D eigenvalue weighted by Gasteiger charge is 2.21. The van der Waals surface area contributed by atoms with Crippen molar-refractivity contribution in [2.24, 2.45) is 5.10 Å². The van der Waals surface area contributed by atoms with E-state index in [4.69, 9.17) is 38.1 Å². The molecular weight excluding hydrogens is 594 g/mol. The van der Waals surface area contributed by atoms with Crippen LogP contribution in [0.5, 0.6) is 40.2 Å². The fraction of sp³-hybridized carbons (Fsp3) is 0.176. The summed E-state index contributed by atoms with van der Waals surface area (Å²) >= 11 is 0. The number of esters is 1. The van der Waals surface area contributed by atoms with Gasteiger partial charge in [-0.1, -0.05) is 24.3 Å². The van der Waals surface area contributed by atoms with Crippen molar-refractivity contribution < 1.29 is 38.0 Å². The Bertz CT molecular complexity index is 1950. The summed E-state index contributed by atoms with van der Waals surface area (Å²) in [5.41, 5.74) is 1.12. The van der Waals surface area contributed by atoms with Crippen LogP contribution in [-0.4, -0.2) is 64.5 Å². The number of para-hydroxylation sites is 2. The number of aromatic nitrogens is 2. The number of hydrogen-bond donors (Lipinski definition) is 0. The van der Waals surface area contributed by atoms with E-state index in [9.17, 15) is 9.59 Å². The summed E-state index contributed by atoms with van der Waals surface area (Å²) in [5, 5.41) is 4.89. The Morgan fingerprint density at radius 3 is 1.83 bits per heavy atom. The zero-order valence-corrected chi connectivity index (χ0v) is 26.0. The second kappa shape index (κ2) is 13.7. The topological polar surface area (TPSA) is 129 Å². The van der Waals surface area contributed by atoms with Crippen LogP contribution >= 0.6 is 0 Å². The lowest BCUT2D eigenvalue weighted by Gasteiger charge is -2.15. The van der Waals surface area contributed by atoms with Crippen molar-refractivity contribution in [3.05, 3.63) is 94.3 Å². The molecule has 4 aromatic carbocycles. The largest absolute Gasteiger partial charge is 0.493 e. The number of fused-ring (bicyclic) bond motifs is 1. The van der Waals surface area contributed by atoms with Gasteiger partial charge in [0.25, 0.3) is 5.56 Å². The zero-order chi connectivity index (χ0) is 32.8. The normalized spacial score (nSPS) is 10.9. The van der Waals surface area contributed by atoms with E-state index in [0.717, 1.165) is 0 Å².